The van der Waals surface area contributed by atoms with Crippen LogP contribution >= 0.6 is 0 Å². The molecule has 0 fully saturated rings. The highest BCUT2D eigenvalue weighted by Gasteiger charge is 2.16. The normalized spacial score (nSPS) is 10.2. The molecule has 0 aliphatic heterocycles. The predicted molar refractivity (Wildman–Crippen MR) is 72.1 cm³/mol. The molecule has 6 nitrogen and oxygen atoms in total. The minimum Gasteiger partial charge on any atom is -0.468 e. The summed E-state index contributed by atoms with van der Waals surface area (Å²) in [5.41, 5.74) is 1.07. The molecule has 0 aliphatic carbocycles. The van der Waals surface area contributed by atoms with E-state index in [9.17, 15) is 9.59 Å². The first-order valence-electron chi connectivity index (χ1n) is 6.01. The van der Waals surface area contributed by atoms with Crippen LogP contribution in [0.5, 0.6) is 0 Å². The number of carbonyl (C=O) groups is 2. The predicted octanol–water partition coefficient (Wildman–Crippen LogP) is 0.829. The Hall–Kier alpha value is -2.11. The van der Waals surface area contributed by atoms with Gasteiger partial charge < -0.3 is 15.0 Å². The molecule has 1 heterocycles. The van der Waals surface area contributed by atoms with E-state index in [2.05, 4.69) is 15.0 Å². The number of carbonyl (C=O) groups excluding carboxylic acids is 2. The zero-order chi connectivity index (χ0) is 14.4. The molecule has 0 radical (unpaired) electrons. The van der Waals surface area contributed by atoms with Crippen LogP contribution in [0.15, 0.2) is 18.3 Å². The fraction of sp³-hybridized carbons (Fsp3) is 0.462. The SMILES string of the molecule is CNC(=O)c1cc(N(CC(=O)OC)C(C)C)ccn1. The van der Waals surface area contributed by atoms with Gasteiger partial charge in [-0.25, -0.2) is 0 Å². The number of anilines is 1. The summed E-state index contributed by atoms with van der Waals surface area (Å²) in [4.78, 5) is 28.8. The average molecular weight is 265 g/mol. The van der Waals surface area contributed by atoms with Crippen molar-refractivity contribution in [1.29, 1.82) is 0 Å². The van der Waals surface area contributed by atoms with Crippen LogP contribution in [-0.2, 0) is 9.53 Å². The number of amides is 1. The van der Waals surface area contributed by atoms with Gasteiger partial charge in [0.2, 0.25) is 0 Å². The maximum Gasteiger partial charge on any atom is 0.325 e. The summed E-state index contributed by atoms with van der Waals surface area (Å²) in [5.74, 6) is -0.587. The molecule has 0 aliphatic rings. The summed E-state index contributed by atoms with van der Waals surface area (Å²) in [6.07, 6.45) is 1.55. The number of nitrogens with zero attached hydrogens (tertiary/aromatic N) is 2. The second kappa shape index (κ2) is 6.72. The van der Waals surface area contributed by atoms with Gasteiger partial charge in [0.1, 0.15) is 12.2 Å². The smallest absolute Gasteiger partial charge is 0.325 e. The first-order valence-corrected chi connectivity index (χ1v) is 6.01. The Morgan fingerprint density at radius 2 is 2.16 bits per heavy atom. The number of hydrogen-bond donors (Lipinski definition) is 1. The van der Waals surface area contributed by atoms with Crippen molar-refractivity contribution in [2.24, 2.45) is 0 Å². The van der Waals surface area contributed by atoms with Gasteiger partial charge in [0.15, 0.2) is 0 Å². The van der Waals surface area contributed by atoms with Crippen LogP contribution in [0, 0.1) is 0 Å². The maximum atomic E-state index is 11.6. The van der Waals surface area contributed by atoms with E-state index in [1.54, 1.807) is 25.4 Å². The molecule has 1 aromatic rings. The van der Waals surface area contributed by atoms with Gasteiger partial charge in [0.05, 0.1) is 7.11 Å². The number of rotatable bonds is 5. The molecular formula is C13H19N3O3. The highest BCUT2D eigenvalue weighted by molar-refractivity contribution is 5.93. The van der Waals surface area contributed by atoms with Gasteiger partial charge in [0.25, 0.3) is 5.91 Å². The second-order valence-corrected chi connectivity index (χ2v) is 4.28. The molecule has 1 N–H and O–H groups in total. The van der Waals surface area contributed by atoms with E-state index in [0.717, 1.165) is 5.69 Å². The minimum absolute atomic E-state index is 0.0963. The molecule has 0 bridgehead atoms. The van der Waals surface area contributed by atoms with E-state index in [1.165, 1.54) is 7.11 Å². The van der Waals surface area contributed by atoms with E-state index in [0.29, 0.717) is 5.69 Å². The molecule has 0 unspecified atom stereocenters. The van der Waals surface area contributed by atoms with E-state index in [4.69, 9.17) is 0 Å². The summed E-state index contributed by atoms with van der Waals surface area (Å²) in [6, 6.07) is 3.51. The van der Waals surface area contributed by atoms with Crippen molar-refractivity contribution in [1.82, 2.24) is 10.3 Å². The van der Waals surface area contributed by atoms with Crippen LogP contribution in [-0.4, -0.2) is 43.6 Å². The van der Waals surface area contributed by atoms with Gasteiger partial charge in [-0.3, -0.25) is 14.6 Å². The molecule has 1 amide bonds. The van der Waals surface area contributed by atoms with Gasteiger partial charge in [-0.1, -0.05) is 0 Å². The van der Waals surface area contributed by atoms with Crippen LogP contribution in [0.4, 0.5) is 5.69 Å². The molecule has 0 atom stereocenters. The first kappa shape index (κ1) is 14.9. The third-order valence-electron chi connectivity index (χ3n) is 2.69. The molecule has 0 spiro atoms. The number of ether oxygens (including phenoxy) is 1. The summed E-state index contributed by atoms with van der Waals surface area (Å²) in [6.45, 7) is 4.05. The fourth-order valence-electron chi connectivity index (χ4n) is 1.63. The highest BCUT2D eigenvalue weighted by Crippen LogP contribution is 2.17. The molecule has 0 saturated heterocycles. The van der Waals surface area contributed by atoms with Gasteiger partial charge >= 0.3 is 5.97 Å². The monoisotopic (exact) mass is 265 g/mol. The summed E-state index contributed by atoms with van der Waals surface area (Å²) < 4.78 is 4.68. The van der Waals surface area contributed by atoms with Crippen LogP contribution in [0.3, 0.4) is 0 Å². The topological polar surface area (TPSA) is 71.5 Å². The van der Waals surface area contributed by atoms with Crippen LogP contribution < -0.4 is 10.2 Å². The van der Waals surface area contributed by atoms with E-state index < -0.39 is 0 Å². The number of esters is 1. The molecule has 104 valence electrons. The van der Waals surface area contributed by atoms with Crippen molar-refractivity contribution in [2.75, 3.05) is 25.6 Å². The zero-order valence-electron chi connectivity index (χ0n) is 11.6. The Morgan fingerprint density at radius 1 is 1.47 bits per heavy atom. The lowest BCUT2D eigenvalue weighted by Crippen LogP contribution is -2.36. The molecular weight excluding hydrogens is 246 g/mol. The Kier molecular flexibility index (Phi) is 5.29. The van der Waals surface area contributed by atoms with Crippen LogP contribution in [0.1, 0.15) is 24.3 Å². The average Bonchev–Trinajstić information content (AvgIpc) is 2.43. The van der Waals surface area contributed by atoms with Crippen molar-refractivity contribution in [3.8, 4) is 0 Å². The number of hydrogen-bond acceptors (Lipinski definition) is 5. The van der Waals surface area contributed by atoms with Crippen LogP contribution in [0.2, 0.25) is 0 Å². The molecule has 1 aromatic heterocycles. The Bertz CT molecular complexity index is 460. The van der Waals surface area contributed by atoms with Gasteiger partial charge in [-0.2, -0.15) is 0 Å². The van der Waals surface area contributed by atoms with Gasteiger partial charge in [0, 0.05) is 25.0 Å². The summed E-state index contributed by atoms with van der Waals surface area (Å²) >= 11 is 0. The lowest BCUT2D eigenvalue weighted by atomic mass is 10.2. The standard InChI is InChI=1S/C13H19N3O3/c1-9(2)16(8-12(17)19-4)10-5-6-15-11(7-10)13(18)14-3/h5-7,9H,8H2,1-4H3,(H,14,18). The fourth-order valence-corrected chi connectivity index (χ4v) is 1.63. The third-order valence-corrected chi connectivity index (χ3v) is 2.69. The van der Waals surface area contributed by atoms with Gasteiger partial charge in [-0.15, -0.1) is 0 Å². The summed E-state index contributed by atoms with van der Waals surface area (Å²) in [7, 11) is 2.90. The molecule has 0 saturated carbocycles. The number of aromatic nitrogens is 1. The van der Waals surface area contributed by atoms with E-state index >= 15 is 0 Å². The second-order valence-electron chi connectivity index (χ2n) is 4.28. The Morgan fingerprint density at radius 3 is 2.68 bits per heavy atom. The zero-order valence-corrected chi connectivity index (χ0v) is 11.6. The van der Waals surface area contributed by atoms with Crippen molar-refractivity contribution in [3.05, 3.63) is 24.0 Å². The molecule has 1 rings (SSSR count). The maximum absolute atomic E-state index is 11.6. The third kappa shape index (κ3) is 3.94. The Labute approximate surface area is 112 Å². The molecule has 0 aromatic carbocycles. The largest absolute Gasteiger partial charge is 0.468 e. The summed E-state index contributed by atoms with van der Waals surface area (Å²) in [5, 5.41) is 2.52. The highest BCUT2D eigenvalue weighted by atomic mass is 16.5. The van der Waals surface area contributed by atoms with Crippen LogP contribution in [0.25, 0.3) is 0 Å². The molecule has 6 heteroatoms. The first-order chi connectivity index (χ1) is 8.99. The lowest BCUT2D eigenvalue weighted by Gasteiger charge is -2.27. The van der Waals surface area contributed by atoms with Crippen molar-refractivity contribution >= 4 is 17.6 Å². The number of methoxy groups -OCH3 is 1. The number of pyridine rings is 1. The van der Waals surface area contributed by atoms with Gasteiger partial charge in [-0.05, 0) is 26.0 Å². The molecule has 19 heavy (non-hydrogen) atoms. The van der Waals surface area contributed by atoms with E-state index in [-0.39, 0.29) is 24.5 Å². The lowest BCUT2D eigenvalue weighted by molar-refractivity contribution is -0.139. The van der Waals surface area contributed by atoms with Crippen molar-refractivity contribution < 1.29 is 14.3 Å². The quantitative estimate of drug-likeness (QED) is 0.798. The number of nitrogens with one attached hydrogen (secondary N) is 1. The van der Waals surface area contributed by atoms with Crippen molar-refractivity contribution in [3.63, 3.8) is 0 Å². The van der Waals surface area contributed by atoms with E-state index in [1.807, 2.05) is 18.7 Å². The Balaban J connectivity index is 3.02. The minimum atomic E-state index is -0.327. The van der Waals surface area contributed by atoms with Crippen molar-refractivity contribution in [2.45, 2.75) is 19.9 Å².